The summed E-state index contributed by atoms with van der Waals surface area (Å²) in [6.07, 6.45) is -5.32. The highest BCUT2D eigenvalue weighted by atomic mass is 32.2. The lowest BCUT2D eigenvalue weighted by Gasteiger charge is -2.09. The molecule has 0 saturated carbocycles. The zero-order valence-electron chi connectivity index (χ0n) is 8.51. The Morgan fingerprint density at radius 3 is 2.32 bits per heavy atom. The molecule has 0 aromatic carbocycles. The van der Waals surface area contributed by atoms with E-state index in [1.165, 1.54) is 0 Å². The molecule has 1 aromatic heterocycles. The van der Waals surface area contributed by atoms with Gasteiger partial charge in [0, 0.05) is 0 Å². The van der Waals surface area contributed by atoms with Crippen molar-refractivity contribution in [1.82, 2.24) is 4.98 Å². The van der Waals surface area contributed by atoms with E-state index in [4.69, 9.17) is 0 Å². The fourth-order valence-corrected chi connectivity index (χ4v) is 1.76. The summed E-state index contributed by atoms with van der Waals surface area (Å²) in [5, 5.41) is 14.9. The van der Waals surface area contributed by atoms with Gasteiger partial charge in [-0.1, -0.05) is 0 Å². The van der Waals surface area contributed by atoms with E-state index >= 15 is 0 Å². The second kappa shape index (κ2) is 4.58. The van der Waals surface area contributed by atoms with E-state index in [1.54, 1.807) is 0 Å². The molecule has 0 spiro atoms. The Balaban J connectivity index is 3.56. The number of aromatic nitrogens is 1. The molecule has 13 heteroatoms. The van der Waals surface area contributed by atoms with Crippen molar-refractivity contribution >= 4 is 15.8 Å². The topological polar surface area (TPSA) is 125 Å². The number of alkyl halides is 3. The van der Waals surface area contributed by atoms with Crippen molar-refractivity contribution in [3.63, 3.8) is 0 Å². The largest absolute Gasteiger partial charge is 0.573 e. The number of nitrogens with zero attached hydrogens (tertiary/aromatic N) is 2. The SMILES string of the molecule is NS(=O)(=O)c1c([N+](=O)[O-])ncc(OC(F)(F)F)c1F. The first kappa shape index (κ1) is 15.0. The van der Waals surface area contributed by atoms with Gasteiger partial charge in [0.2, 0.25) is 20.7 Å². The summed E-state index contributed by atoms with van der Waals surface area (Å²) >= 11 is 0. The quantitative estimate of drug-likeness (QED) is 0.497. The Labute approximate surface area is 102 Å². The lowest BCUT2D eigenvalue weighted by molar-refractivity contribution is -0.393. The molecular formula is C6H3F4N3O5S. The molecule has 106 valence electrons. The summed E-state index contributed by atoms with van der Waals surface area (Å²) in [6.45, 7) is 0. The highest BCUT2D eigenvalue weighted by Crippen LogP contribution is 2.32. The summed E-state index contributed by atoms with van der Waals surface area (Å²) in [6, 6.07) is 0. The molecule has 0 aliphatic rings. The Kier molecular flexibility index (Phi) is 3.63. The number of ether oxygens (including phenoxy) is 1. The van der Waals surface area contributed by atoms with E-state index in [9.17, 15) is 36.1 Å². The smallest absolute Gasteiger partial charge is 0.399 e. The second-order valence-electron chi connectivity index (χ2n) is 2.94. The Morgan fingerprint density at radius 2 is 1.95 bits per heavy atom. The van der Waals surface area contributed by atoms with E-state index in [0.29, 0.717) is 0 Å². The molecule has 0 aliphatic carbocycles. The van der Waals surface area contributed by atoms with Gasteiger partial charge >= 0.3 is 12.2 Å². The normalized spacial score (nSPS) is 12.3. The van der Waals surface area contributed by atoms with Crippen molar-refractivity contribution in [2.24, 2.45) is 5.14 Å². The van der Waals surface area contributed by atoms with Crippen LogP contribution in [0.3, 0.4) is 0 Å². The van der Waals surface area contributed by atoms with Crippen molar-refractivity contribution in [2.45, 2.75) is 11.3 Å². The third kappa shape index (κ3) is 3.47. The van der Waals surface area contributed by atoms with Crippen LogP contribution in [0.5, 0.6) is 5.75 Å². The fourth-order valence-electron chi connectivity index (χ4n) is 1.02. The van der Waals surface area contributed by atoms with Crippen LogP contribution in [-0.4, -0.2) is 24.7 Å². The van der Waals surface area contributed by atoms with Crippen LogP contribution >= 0.6 is 0 Å². The van der Waals surface area contributed by atoms with E-state index in [2.05, 4.69) is 14.9 Å². The standard InChI is InChI=1S/C6H3F4N3O5S/c7-3-2(18-6(8,9)10)1-12-5(13(14)15)4(3)19(11,16)17/h1H,(H2,11,16,17). The van der Waals surface area contributed by atoms with Crippen molar-refractivity contribution in [2.75, 3.05) is 0 Å². The predicted molar refractivity (Wildman–Crippen MR) is 48.9 cm³/mol. The molecule has 0 saturated heterocycles. The Hall–Kier alpha value is -2.02. The minimum absolute atomic E-state index is 0.0234. The van der Waals surface area contributed by atoms with Gasteiger partial charge in [0.05, 0.1) is 0 Å². The monoisotopic (exact) mass is 305 g/mol. The Morgan fingerprint density at radius 1 is 1.42 bits per heavy atom. The highest BCUT2D eigenvalue weighted by molar-refractivity contribution is 7.89. The van der Waals surface area contributed by atoms with Crippen molar-refractivity contribution in [1.29, 1.82) is 0 Å². The molecule has 8 nitrogen and oxygen atoms in total. The minimum Gasteiger partial charge on any atom is -0.399 e. The first-order valence-corrected chi connectivity index (χ1v) is 5.59. The van der Waals surface area contributed by atoms with Gasteiger partial charge in [0.1, 0.15) is 0 Å². The molecule has 2 N–H and O–H groups in total. The molecule has 1 heterocycles. The summed E-state index contributed by atoms with van der Waals surface area (Å²) in [7, 11) is -5.01. The lowest BCUT2D eigenvalue weighted by Crippen LogP contribution is -2.21. The number of nitrogens with two attached hydrogens (primary N) is 1. The number of hydrogen-bond donors (Lipinski definition) is 1. The molecule has 0 aliphatic heterocycles. The zero-order valence-corrected chi connectivity index (χ0v) is 9.33. The molecule has 0 radical (unpaired) electrons. The highest BCUT2D eigenvalue weighted by Gasteiger charge is 2.38. The molecule has 19 heavy (non-hydrogen) atoms. The molecule has 0 unspecified atom stereocenters. The van der Waals surface area contributed by atoms with Crippen LogP contribution in [0, 0.1) is 15.9 Å². The van der Waals surface area contributed by atoms with E-state index < -0.39 is 43.6 Å². The van der Waals surface area contributed by atoms with Gasteiger partial charge < -0.3 is 14.9 Å². The number of rotatable bonds is 3. The molecule has 0 bridgehead atoms. The van der Waals surface area contributed by atoms with Crippen molar-refractivity contribution in [3.8, 4) is 5.75 Å². The Bertz CT molecular complexity index is 628. The zero-order chi connectivity index (χ0) is 15.0. The van der Waals surface area contributed by atoms with Crippen LogP contribution < -0.4 is 9.88 Å². The fraction of sp³-hybridized carbons (Fsp3) is 0.167. The average molecular weight is 305 g/mol. The number of sulfonamides is 1. The van der Waals surface area contributed by atoms with Gasteiger partial charge in [-0.15, -0.1) is 13.2 Å². The summed E-state index contributed by atoms with van der Waals surface area (Å²) in [4.78, 5) is 9.97. The summed E-state index contributed by atoms with van der Waals surface area (Å²) in [5.74, 6) is -5.35. The van der Waals surface area contributed by atoms with Crippen LogP contribution in [0.4, 0.5) is 23.4 Å². The van der Waals surface area contributed by atoms with E-state index in [1.807, 2.05) is 0 Å². The third-order valence-electron chi connectivity index (χ3n) is 1.61. The number of hydrogen-bond acceptors (Lipinski definition) is 6. The average Bonchev–Trinajstić information content (AvgIpc) is 2.16. The van der Waals surface area contributed by atoms with Gasteiger partial charge in [-0.2, -0.15) is 0 Å². The van der Waals surface area contributed by atoms with Crippen LogP contribution in [0.2, 0.25) is 0 Å². The summed E-state index contributed by atoms with van der Waals surface area (Å²) in [5.41, 5.74) is 0. The first-order valence-electron chi connectivity index (χ1n) is 4.05. The molecular weight excluding hydrogens is 302 g/mol. The molecule has 0 atom stereocenters. The van der Waals surface area contributed by atoms with Gasteiger partial charge in [-0.25, -0.2) is 17.9 Å². The van der Waals surface area contributed by atoms with Gasteiger partial charge in [-0.05, 0) is 9.91 Å². The van der Waals surface area contributed by atoms with Crippen LogP contribution in [0.15, 0.2) is 11.1 Å². The van der Waals surface area contributed by atoms with Gasteiger partial charge in [0.25, 0.3) is 0 Å². The molecule has 1 rings (SSSR count). The molecule has 0 fully saturated rings. The number of primary sulfonamides is 1. The number of nitro groups is 1. The molecule has 0 amide bonds. The minimum atomic E-state index is -5.34. The van der Waals surface area contributed by atoms with E-state index in [0.717, 1.165) is 0 Å². The van der Waals surface area contributed by atoms with E-state index in [-0.39, 0.29) is 6.20 Å². The van der Waals surface area contributed by atoms with Gasteiger partial charge in [-0.3, -0.25) is 0 Å². The van der Waals surface area contributed by atoms with Gasteiger partial charge in [0.15, 0.2) is 12.0 Å². The number of pyridine rings is 1. The van der Waals surface area contributed by atoms with Crippen LogP contribution in [0.25, 0.3) is 0 Å². The van der Waals surface area contributed by atoms with Crippen LogP contribution in [-0.2, 0) is 10.0 Å². The summed E-state index contributed by atoms with van der Waals surface area (Å²) < 4.78 is 74.2. The van der Waals surface area contributed by atoms with Crippen molar-refractivity contribution in [3.05, 3.63) is 22.1 Å². The maximum Gasteiger partial charge on any atom is 0.573 e. The van der Waals surface area contributed by atoms with Crippen molar-refractivity contribution < 1.29 is 35.6 Å². The third-order valence-corrected chi connectivity index (χ3v) is 2.54. The predicted octanol–water partition coefficient (Wildman–Crippen LogP) is 0.675. The first-order chi connectivity index (χ1) is 8.43. The lowest BCUT2D eigenvalue weighted by atomic mass is 10.4. The maximum absolute atomic E-state index is 13.5. The second-order valence-corrected chi connectivity index (χ2v) is 4.44. The maximum atomic E-state index is 13.5. The molecule has 1 aromatic rings. The number of halogens is 4. The van der Waals surface area contributed by atoms with Crippen LogP contribution in [0.1, 0.15) is 0 Å².